The number of carbonyl (C=O) groups is 2. The van der Waals surface area contributed by atoms with Crippen LogP contribution in [0.5, 0.6) is 0 Å². The van der Waals surface area contributed by atoms with Gasteiger partial charge in [-0.3, -0.25) is 4.79 Å². The van der Waals surface area contributed by atoms with Crippen LogP contribution in [0.15, 0.2) is 84.9 Å². The van der Waals surface area contributed by atoms with Crippen molar-refractivity contribution in [1.29, 1.82) is 0 Å². The molecule has 0 aliphatic heterocycles. The second-order valence-electron chi connectivity index (χ2n) is 6.88. The summed E-state index contributed by atoms with van der Waals surface area (Å²) in [6.07, 6.45) is -1.18. The van der Waals surface area contributed by atoms with Crippen molar-refractivity contribution in [2.75, 3.05) is 6.61 Å². The summed E-state index contributed by atoms with van der Waals surface area (Å²) in [5, 5.41) is 13.4. The summed E-state index contributed by atoms with van der Waals surface area (Å²) in [7, 11) is 0. The van der Waals surface area contributed by atoms with Crippen LogP contribution in [0.3, 0.4) is 0 Å². The van der Waals surface area contributed by atoms with Crippen LogP contribution < -0.4 is 5.32 Å². The third kappa shape index (κ3) is 5.33. The monoisotopic (exact) mass is 403 g/mol. The second-order valence-corrected chi connectivity index (χ2v) is 6.88. The van der Waals surface area contributed by atoms with Gasteiger partial charge in [-0.1, -0.05) is 78.9 Å². The summed E-state index contributed by atoms with van der Waals surface area (Å²) in [6.45, 7) is 1.82. The first-order chi connectivity index (χ1) is 14.6. The molecule has 1 unspecified atom stereocenters. The highest BCUT2D eigenvalue weighted by Gasteiger charge is 2.29. The van der Waals surface area contributed by atoms with Gasteiger partial charge in [0, 0.05) is 5.56 Å². The zero-order valence-electron chi connectivity index (χ0n) is 16.8. The molecule has 5 heteroatoms. The third-order valence-electron chi connectivity index (χ3n) is 4.78. The zero-order chi connectivity index (χ0) is 21.3. The molecule has 154 valence electrons. The molecule has 2 N–H and O–H groups in total. The fraction of sp³-hybridized carbons (Fsp3) is 0.200. The van der Waals surface area contributed by atoms with E-state index in [9.17, 15) is 14.7 Å². The standard InChI is InChI=1S/C25H25NO4/c1-2-30-25(29)23(27)22(17-18-11-5-3-6-12-18)26-24(28)21-16-10-9-15-20(21)19-13-7-4-8-14-19/h3-16,22-23,27H,2,17H2,1H3,(H,26,28)/t22?,23-/m0/s1. The molecule has 0 saturated carbocycles. The molecular weight excluding hydrogens is 378 g/mol. The Hall–Kier alpha value is -3.44. The van der Waals surface area contributed by atoms with E-state index < -0.39 is 18.1 Å². The van der Waals surface area contributed by atoms with Gasteiger partial charge in [-0.05, 0) is 36.1 Å². The smallest absolute Gasteiger partial charge is 0.337 e. The maximum Gasteiger partial charge on any atom is 0.337 e. The van der Waals surface area contributed by atoms with Gasteiger partial charge in [-0.25, -0.2) is 4.79 Å². The minimum Gasteiger partial charge on any atom is -0.464 e. The third-order valence-corrected chi connectivity index (χ3v) is 4.78. The van der Waals surface area contributed by atoms with Crippen molar-refractivity contribution in [3.63, 3.8) is 0 Å². The van der Waals surface area contributed by atoms with Gasteiger partial charge in [-0.2, -0.15) is 0 Å². The molecule has 0 aliphatic carbocycles. The van der Waals surface area contributed by atoms with E-state index in [0.29, 0.717) is 12.0 Å². The van der Waals surface area contributed by atoms with Gasteiger partial charge >= 0.3 is 5.97 Å². The topological polar surface area (TPSA) is 75.6 Å². The van der Waals surface area contributed by atoms with Crippen molar-refractivity contribution in [3.8, 4) is 11.1 Å². The normalized spacial score (nSPS) is 12.6. The largest absolute Gasteiger partial charge is 0.464 e. The van der Waals surface area contributed by atoms with Crippen LogP contribution >= 0.6 is 0 Å². The molecule has 0 heterocycles. The second kappa shape index (κ2) is 10.4. The Labute approximate surface area is 176 Å². The lowest BCUT2D eigenvalue weighted by atomic mass is 9.97. The van der Waals surface area contributed by atoms with Crippen LogP contribution in [-0.2, 0) is 16.0 Å². The average molecular weight is 403 g/mol. The number of aliphatic hydroxyl groups excluding tert-OH is 1. The Kier molecular flexibility index (Phi) is 7.35. The van der Waals surface area contributed by atoms with E-state index in [1.807, 2.05) is 72.8 Å². The Bertz CT molecular complexity index is 973. The maximum absolute atomic E-state index is 13.2. The van der Waals surface area contributed by atoms with Crippen LogP contribution in [0.2, 0.25) is 0 Å². The van der Waals surface area contributed by atoms with E-state index in [1.165, 1.54) is 0 Å². The molecule has 1 amide bonds. The van der Waals surface area contributed by atoms with Crippen molar-refractivity contribution in [2.45, 2.75) is 25.5 Å². The molecule has 5 nitrogen and oxygen atoms in total. The Balaban J connectivity index is 1.87. The first-order valence-electron chi connectivity index (χ1n) is 9.94. The highest BCUT2D eigenvalue weighted by molar-refractivity contribution is 6.01. The molecule has 3 rings (SSSR count). The summed E-state index contributed by atoms with van der Waals surface area (Å²) < 4.78 is 4.96. The van der Waals surface area contributed by atoms with Crippen molar-refractivity contribution < 1.29 is 19.4 Å². The van der Waals surface area contributed by atoms with Crippen LogP contribution in [0.1, 0.15) is 22.8 Å². The van der Waals surface area contributed by atoms with Gasteiger partial charge in [0.1, 0.15) is 0 Å². The van der Waals surface area contributed by atoms with Crippen molar-refractivity contribution in [2.24, 2.45) is 0 Å². The molecule has 0 saturated heterocycles. The Morgan fingerprint density at radius 3 is 2.17 bits per heavy atom. The number of carbonyl (C=O) groups excluding carboxylic acids is 2. The number of benzene rings is 3. The lowest BCUT2D eigenvalue weighted by Gasteiger charge is -2.23. The highest BCUT2D eigenvalue weighted by Crippen LogP contribution is 2.23. The molecule has 0 aliphatic rings. The van der Waals surface area contributed by atoms with E-state index in [2.05, 4.69) is 5.32 Å². The number of hydrogen-bond acceptors (Lipinski definition) is 4. The Morgan fingerprint density at radius 1 is 0.900 bits per heavy atom. The maximum atomic E-state index is 13.2. The minimum atomic E-state index is -1.47. The van der Waals surface area contributed by atoms with Crippen LogP contribution in [-0.4, -0.2) is 35.7 Å². The number of esters is 1. The van der Waals surface area contributed by atoms with Crippen LogP contribution in [0.25, 0.3) is 11.1 Å². The number of amides is 1. The van der Waals surface area contributed by atoms with Crippen LogP contribution in [0, 0.1) is 0 Å². The summed E-state index contributed by atoms with van der Waals surface area (Å²) in [5.41, 5.74) is 3.05. The molecule has 2 atom stereocenters. The first-order valence-corrected chi connectivity index (χ1v) is 9.94. The van der Waals surface area contributed by atoms with E-state index in [0.717, 1.165) is 16.7 Å². The summed E-state index contributed by atoms with van der Waals surface area (Å²) in [4.78, 5) is 25.3. The van der Waals surface area contributed by atoms with Gasteiger partial charge in [0.25, 0.3) is 5.91 Å². The summed E-state index contributed by atoms with van der Waals surface area (Å²) in [5.74, 6) is -1.12. The van der Waals surface area contributed by atoms with Gasteiger partial charge in [-0.15, -0.1) is 0 Å². The SMILES string of the molecule is CCOC(=O)[C@@H](O)C(Cc1ccccc1)NC(=O)c1ccccc1-c1ccccc1. The first kappa shape index (κ1) is 21.3. The Morgan fingerprint density at radius 2 is 1.50 bits per heavy atom. The molecule has 0 radical (unpaired) electrons. The quantitative estimate of drug-likeness (QED) is 0.564. The summed E-state index contributed by atoms with van der Waals surface area (Å²) in [6, 6.07) is 25.4. The number of aliphatic hydroxyl groups is 1. The predicted octanol–water partition coefficient (Wildman–Crippen LogP) is 3.62. The average Bonchev–Trinajstić information content (AvgIpc) is 2.79. The molecule has 0 bridgehead atoms. The lowest BCUT2D eigenvalue weighted by Crippen LogP contribution is -2.49. The minimum absolute atomic E-state index is 0.152. The van der Waals surface area contributed by atoms with Crippen molar-refractivity contribution >= 4 is 11.9 Å². The van der Waals surface area contributed by atoms with Gasteiger partial charge < -0.3 is 15.2 Å². The molecule has 30 heavy (non-hydrogen) atoms. The van der Waals surface area contributed by atoms with E-state index in [4.69, 9.17) is 4.74 Å². The van der Waals surface area contributed by atoms with Gasteiger partial charge in [0.15, 0.2) is 6.10 Å². The lowest BCUT2D eigenvalue weighted by molar-refractivity contribution is -0.154. The van der Waals surface area contributed by atoms with E-state index in [-0.39, 0.29) is 12.5 Å². The van der Waals surface area contributed by atoms with E-state index >= 15 is 0 Å². The fourth-order valence-corrected chi connectivity index (χ4v) is 3.30. The number of rotatable bonds is 8. The number of nitrogens with one attached hydrogen (secondary N) is 1. The van der Waals surface area contributed by atoms with Gasteiger partial charge in [0.2, 0.25) is 0 Å². The molecule has 0 spiro atoms. The van der Waals surface area contributed by atoms with Crippen LogP contribution in [0.4, 0.5) is 0 Å². The molecular formula is C25H25NO4. The van der Waals surface area contributed by atoms with Crippen molar-refractivity contribution in [3.05, 3.63) is 96.1 Å². The number of hydrogen-bond donors (Lipinski definition) is 2. The molecule has 3 aromatic rings. The fourth-order valence-electron chi connectivity index (χ4n) is 3.30. The molecule has 0 fully saturated rings. The highest BCUT2D eigenvalue weighted by atomic mass is 16.5. The van der Waals surface area contributed by atoms with Gasteiger partial charge in [0.05, 0.1) is 12.6 Å². The predicted molar refractivity (Wildman–Crippen MR) is 116 cm³/mol. The molecule has 3 aromatic carbocycles. The zero-order valence-corrected chi connectivity index (χ0v) is 16.8. The van der Waals surface area contributed by atoms with E-state index in [1.54, 1.807) is 19.1 Å². The van der Waals surface area contributed by atoms with Crippen molar-refractivity contribution in [1.82, 2.24) is 5.32 Å². The number of ether oxygens (including phenoxy) is 1. The molecule has 0 aromatic heterocycles. The summed E-state index contributed by atoms with van der Waals surface area (Å²) >= 11 is 0.